The zero-order valence-electron chi connectivity index (χ0n) is 20.7. The molecule has 2 aromatic rings. The Kier molecular flexibility index (Phi) is 7.50. The molecule has 3 atom stereocenters. The second-order valence-electron chi connectivity index (χ2n) is 11.0. The summed E-state index contributed by atoms with van der Waals surface area (Å²) < 4.78 is 5.42. The summed E-state index contributed by atoms with van der Waals surface area (Å²) in [6.45, 7) is 11.2. The van der Waals surface area contributed by atoms with Crippen LogP contribution in [0.1, 0.15) is 71.3 Å². The molecule has 0 bridgehead atoms. The number of aromatic nitrogens is 1. The van der Waals surface area contributed by atoms with Crippen molar-refractivity contribution in [1.29, 1.82) is 0 Å². The number of carbonyl (C=O) groups is 3. The zero-order chi connectivity index (χ0) is 25.3. The maximum atomic E-state index is 13.0. The molecule has 0 saturated heterocycles. The van der Waals surface area contributed by atoms with Crippen molar-refractivity contribution in [1.82, 2.24) is 20.9 Å². The molecule has 4 N–H and O–H groups in total. The topological polar surface area (TPSA) is 112 Å². The number of halogens is 1. The van der Waals surface area contributed by atoms with Gasteiger partial charge >= 0.3 is 6.09 Å². The molecule has 1 aromatic heterocycles. The molecule has 3 rings (SSSR count). The number of fused-ring (bicyclic) bond motifs is 1. The summed E-state index contributed by atoms with van der Waals surface area (Å²) in [6.07, 6.45) is 0.963. The number of ether oxygens (including phenoxy) is 1. The average molecular weight is 491 g/mol. The fraction of sp³-hybridized carbons (Fsp3) is 0.560. The van der Waals surface area contributed by atoms with Gasteiger partial charge < -0.3 is 25.7 Å². The van der Waals surface area contributed by atoms with Crippen molar-refractivity contribution in [3.63, 3.8) is 0 Å². The molecule has 0 aliphatic heterocycles. The molecule has 1 aliphatic rings. The van der Waals surface area contributed by atoms with Crippen LogP contribution in [0, 0.1) is 5.92 Å². The smallest absolute Gasteiger partial charge is 0.407 e. The van der Waals surface area contributed by atoms with E-state index in [9.17, 15) is 14.4 Å². The Bertz CT molecular complexity index is 1070. The summed E-state index contributed by atoms with van der Waals surface area (Å²) in [6, 6.07) is 6.30. The predicted molar refractivity (Wildman–Crippen MR) is 133 cm³/mol. The second kappa shape index (κ2) is 9.86. The van der Waals surface area contributed by atoms with Gasteiger partial charge in [0.05, 0.1) is 6.04 Å². The van der Waals surface area contributed by atoms with Crippen molar-refractivity contribution in [2.75, 3.05) is 0 Å². The maximum Gasteiger partial charge on any atom is 0.407 e. The molecule has 1 heterocycles. The number of H-pyrrole nitrogens is 1. The van der Waals surface area contributed by atoms with Gasteiger partial charge in [-0.05, 0) is 85.1 Å². The van der Waals surface area contributed by atoms with E-state index < -0.39 is 17.7 Å². The summed E-state index contributed by atoms with van der Waals surface area (Å²) >= 11 is 6.06. The minimum absolute atomic E-state index is 0.0549. The van der Waals surface area contributed by atoms with Gasteiger partial charge in [-0.1, -0.05) is 11.6 Å². The lowest BCUT2D eigenvalue weighted by Crippen LogP contribution is -2.57. The van der Waals surface area contributed by atoms with Crippen LogP contribution < -0.4 is 16.0 Å². The molecule has 1 aliphatic carbocycles. The predicted octanol–water partition coefficient (Wildman–Crippen LogP) is 4.53. The van der Waals surface area contributed by atoms with Gasteiger partial charge in [-0.15, -0.1) is 0 Å². The largest absolute Gasteiger partial charge is 0.444 e. The monoisotopic (exact) mass is 490 g/mol. The number of carbonyl (C=O) groups excluding carboxylic acids is 3. The van der Waals surface area contributed by atoms with E-state index in [0.29, 0.717) is 30.0 Å². The molecular weight excluding hydrogens is 456 g/mol. The summed E-state index contributed by atoms with van der Waals surface area (Å²) in [4.78, 5) is 41.4. The van der Waals surface area contributed by atoms with Crippen LogP contribution in [0.3, 0.4) is 0 Å². The van der Waals surface area contributed by atoms with Crippen molar-refractivity contribution in [3.05, 3.63) is 35.0 Å². The van der Waals surface area contributed by atoms with Gasteiger partial charge in [0.25, 0.3) is 5.91 Å². The van der Waals surface area contributed by atoms with Crippen LogP contribution in [0.15, 0.2) is 24.3 Å². The molecule has 1 saturated carbocycles. The molecule has 186 valence electrons. The van der Waals surface area contributed by atoms with Gasteiger partial charge in [0.1, 0.15) is 11.3 Å². The lowest BCUT2D eigenvalue weighted by Gasteiger charge is -2.37. The fourth-order valence-corrected chi connectivity index (χ4v) is 4.32. The minimum atomic E-state index is -0.661. The fourth-order valence-electron chi connectivity index (χ4n) is 4.14. The zero-order valence-corrected chi connectivity index (χ0v) is 21.4. The van der Waals surface area contributed by atoms with Gasteiger partial charge in [-0.3, -0.25) is 9.59 Å². The summed E-state index contributed by atoms with van der Waals surface area (Å²) in [7, 11) is 0. The number of alkyl carbamates (subject to hydrolysis) is 1. The maximum absolute atomic E-state index is 13.0. The standard InChI is InChI=1S/C25H35ClN4O4/c1-24(2,3)30-21(31)14-7-9-18(19(12-14)29-23(33)34-25(4,5)6)28-22(32)20-13-15-11-16(26)8-10-17(15)27-20/h8,10-11,13-14,18-19,27H,7,9,12H2,1-6H3,(H,28,32)(H,29,33)(H,30,31)/t14-,18-,19+/m0/s1. The summed E-state index contributed by atoms with van der Waals surface area (Å²) in [5, 5.41) is 10.4. The highest BCUT2D eigenvalue weighted by Gasteiger charge is 2.37. The molecule has 8 nitrogen and oxygen atoms in total. The molecule has 34 heavy (non-hydrogen) atoms. The minimum Gasteiger partial charge on any atom is -0.444 e. The van der Waals surface area contributed by atoms with Crippen LogP contribution in [-0.2, 0) is 9.53 Å². The van der Waals surface area contributed by atoms with E-state index in [1.807, 2.05) is 26.8 Å². The average Bonchev–Trinajstić information content (AvgIpc) is 3.09. The number of aromatic amines is 1. The van der Waals surface area contributed by atoms with Gasteiger partial charge in [0, 0.05) is 33.4 Å². The Labute approximate surface area is 205 Å². The van der Waals surface area contributed by atoms with Crippen molar-refractivity contribution < 1.29 is 19.1 Å². The Morgan fingerprint density at radius 2 is 1.71 bits per heavy atom. The van der Waals surface area contributed by atoms with E-state index in [2.05, 4.69) is 20.9 Å². The Balaban J connectivity index is 1.75. The first-order valence-electron chi connectivity index (χ1n) is 11.6. The molecule has 0 unspecified atom stereocenters. The highest BCUT2D eigenvalue weighted by Crippen LogP contribution is 2.27. The van der Waals surface area contributed by atoms with E-state index >= 15 is 0 Å². The van der Waals surface area contributed by atoms with E-state index in [0.717, 1.165) is 10.9 Å². The third kappa shape index (κ3) is 7.13. The summed E-state index contributed by atoms with van der Waals surface area (Å²) in [5.74, 6) is -0.616. The molecule has 3 amide bonds. The molecular formula is C25H35ClN4O4. The van der Waals surface area contributed by atoms with Gasteiger partial charge in [0.15, 0.2) is 0 Å². The number of nitrogens with one attached hydrogen (secondary N) is 4. The van der Waals surface area contributed by atoms with Crippen LogP contribution in [0.2, 0.25) is 5.02 Å². The Morgan fingerprint density at radius 3 is 2.35 bits per heavy atom. The van der Waals surface area contributed by atoms with Crippen molar-refractivity contribution in [3.8, 4) is 0 Å². The molecule has 1 fully saturated rings. The number of rotatable bonds is 4. The SMILES string of the molecule is CC(C)(C)NC(=O)[C@H]1CC[C@H](NC(=O)c2cc3cc(Cl)ccc3[nH]2)[C@H](NC(=O)OC(C)(C)C)C1. The van der Waals surface area contributed by atoms with Crippen molar-refractivity contribution >= 4 is 40.4 Å². The first-order valence-corrected chi connectivity index (χ1v) is 12.0. The first kappa shape index (κ1) is 25.9. The molecule has 0 spiro atoms. The highest BCUT2D eigenvalue weighted by atomic mass is 35.5. The number of amides is 3. The second-order valence-corrected chi connectivity index (χ2v) is 11.4. The van der Waals surface area contributed by atoms with E-state index in [-0.39, 0.29) is 29.3 Å². The van der Waals surface area contributed by atoms with Gasteiger partial charge in [-0.25, -0.2) is 4.79 Å². The van der Waals surface area contributed by atoms with E-state index in [4.69, 9.17) is 16.3 Å². The lowest BCUT2D eigenvalue weighted by atomic mass is 9.81. The molecule has 1 aromatic carbocycles. The first-order chi connectivity index (χ1) is 15.7. The summed E-state index contributed by atoms with van der Waals surface area (Å²) in [5.41, 5.74) is 0.197. The van der Waals surface area contributed by atoms with E-state index in [1.165, 1.54) is 0 Å². The number of hydrogen-bond donors (Lipinski definition) is 4. The van der Waals surface area contributed by atoms with Crippen molar-refractivity contribution in [2.45, 2.75) is 84.0 Å². The van der Waals surface area contributed by atoms with Gasteiger partial charge in [0.2, 0.25) is 5.91 Å². The normalized spacial score (nSPS) is 21.1. The van der Waals surface area contributed by atoms with Gasteiger partial charge in [-0.2, -0.15) is 0 Å². The Morgan fingerprint density at radius 1 is 1.00 bits per heavy atom. The third-order valence-electron chi connectivity index (χ3n) is 5.57. The van der Waals surface area contributed by atoms with Crippen LogP contribution >= 0.6 is 11.6 Å². The molecule has 0 radical (unpaired) electrons. The van der Waals surface area contributed by atoms with Crippen molar-refractivity contribution in [2.24, 2.45) is 5.92 Å². The van der Waals surface area contributed by atoms with Crippen LogP contribution in [0.5, 0.6) is 0 Å². The van der Waals surface area contributed by atoms with Crippen LogP contribution in [0.25, 0.3) is 10.9 Å². The number of hydrogen-bond acceptors (Lipinski definition) is 4. The van der Waals surface area contributed by atoms with Crippen LogP contribution in [0.4, 0.5) is 4.79 Å². The molecule has 9 heteroatoms. The number of benzene rings is 1. The quantitative estimate of drug-likeness (QED) is 0.504. The van der Waals surface area contributed by atoms with E-state index in [1.54, 1.807) is 39.0 Å². The lowest BCUT2D eigenvalue weighted by molar-refractivity contribution is -0.127. The third-order valence-corrected chi connectivity index (χ3v) is 5.80. The van der Waals surface area contributed by atoms with Crippen LogP contribution in [-0.4, -0.2) is 46.1 Å². The highest BCUT2D eigenvalue weighted by molar-refractivity contribution is 6.31. The Hall–Kier alpha value is -2.74.